The van der Waals surface area contributed by atoms with E-state index in [0.717, 1.165) is 5.56 Å². The fourth-order valence-electron chi connectivity index (χ4n) is 2.40. The monoisotopic (exact) mass is 341 g/mol. The van der Waals surface area contributed by atoms with Gasteiger partial charge in [0.2, 0.25) is 0 Å². The Kier molecular flexibility index (Phi) is 4.69. The van der Waals surface area contributed by atoms with Gasteiger partial charge in [0.1, 0.15) is 5.82 Å². The lowest BCUT2D eigenvalue weighted by molar-refractivity contribution is 0.0947. The Bertz CT molecular complexity index is 949. The fraction of sp³-hybridized carbons (Fsp3) is 0.176. The highest BCUT2D eigenvalue weighted by molar-refractivity contribution is 5.94. The van der Waals surface area contributed by atoms with Crippen molar-refractivity contribution in [2.75, 3.05) is 6.54 Å². The average Bonchev–Trinajstić information content (AvgIpc) is 2.91. The fourth-order valence-corrected chi connectivity index (χ4v) is 2.40. The number of aromatic nitrogens is 4. The molecule has 1 aromatic carbocycles. The van der Waals surface area contributed by atoms with E-state index in [1.165, 1.54) is 27.4 Å². The highest BCUT2D eigenvalue weighted by Crippen LogP contribution is 2.12. The van der Waals surface area contributed by atoms with Crippen molar-refractivity contribution < 1.29 is 9.18 Å². The molecule has 1 amide bonds. The first-order chi connectivity index (χ1) is 12.1. The summed E-state index contributed by atoms with van der Waals surface area (Å²) in [5.41, 5.74) is 0.377. The minimum absolute atomic E-state index is 0.0353. The molecule has 0 radical (unpaired) electrons. The highest BCUT2D eigenvalue weighted by atomic mass is 19.1. The predicted molar refractivity (Wildman–Crippen MR) is 89.4 cm³/mol. The molecule has 0 saturated carbocycles. The largest absolute Gasteiger partial charge is 0.350 e. The zero-order valence-corrected chi connectivity index (χ0v) is 13.5. The van der Waals surface area contributed by atoms with E-state index >= 15 is 0 Å². The van der Waals surface area contributed by atoms with E-state index in [4.69, 9.17) is 0 Å². The summed E-state index contributed by atoms with van der Waals surface area (Å²) in [5, 5.41) is 6.85. The molecule has 128 valence electrons. The van der Waals surface area contributed by atoms with Gasteiger partial charge < -0.3 is 5.32 Å². The Morgan fingerprint density at radius 3 is 2.76 bits per heavy atom. The minimum atomic E-state index is -0.589. The van der Waals surface area contributed by atoms with Gasteiger partial charge in [-0.3, -0.25) is 14.3 Å². The quantitative estimate of drug-likeness (QED) is 0.756. The van der Waals surface area contributed by atoms with E-state index in [1.807, 2.05) is 0 Å². The van der Waals surface area contributed by atoms with E-state index in [9.17, 15) is 14.0 Å². The summed E-state index contributed by atoms with van der Waals surface area (Å²) >= 11 is 0. The lowest BCUT2D eigenvalue weighted by Gasteiger charge is -2.05. The van der Waals surface area contributed by atoms with Gasteiger partial charge >= 0.3 is 5.69 Å². The number of benzene rings is 1. The van der Waals surface area contributed by atoms with Crippen molar-refractivity contribution in [2.24, 2.45) is 7.05 Å². The molecular weight excluding hydrogens is 325 g/mol. The summed E-state index contributed by atoms with van der Waals surface area (Å²) in [7, 11) is 1.62. The van der Waals surface area contributed by atoms with Crippen LogP contribution in [0, 0.1) is 5.82 Å². The van der Waals surface area contributed by atoms with Crippen LogP contribution in [0.25, 0.3) is 11.4 Å². The summed E-state index contributed by atoms with van der Waals surface area (Å²) in [4.78, 5) is 28.2. The van der Waals surface area contributed by atoms with Gasteiger partial charge in [-0.1, -0.05) is 12.1 Å². The molecule has 3 aromatic rings. The lowest BCUT2D eigenvalue weighted by Crippen LogP contribution is -2.32. The molecule has 25 heavy (non-hydrogen) atoms. The minimum Gasteiger partial charge on any atom is -0.350 e. The summed E-state index contributed by atoms with van der Waals surface area (Å²) in [5.74, 6) is -0.637. The number of carbonyl (C=O) groups excluding carboxylic acids is 1. The lowest BCUT2D eigenvalue weighted by atomic mass is 10.2. The van der Waals surface area contributed by atoms with Crippen molar-refractivity contribution in [1.29, 1.82) is 0 Å². The SMILES string of the molecule is Cn1c(-c2cccnc2)nn(CCNC(=O)c2ccccc2F)c1=O. The second-order valence-electron chi connectivity index (χ2n) is 5.37. The van der Waals surface area contributed by atoms with E-state index in [1.54, 1.807) is 37.6 Å². The molecule has 0 fully saturated rings. The summed E-state index contributed by atoms with van der Waals surface area (Å²) < 4.78 is 16.2. The van der Waals surface area contributed by atoms with Crippen LogP contribution in [-0.2, 0) is 13.6 Å². The molecule has 1 N–H and O–H groups in total. The number of nitrogens with one attached hydrogen (secondary N) is 1. The summed E-state index contributed by atoms with van der Waals surface area (Å²) in [6.07, 6.45) is 3.25. The smallest absolute Gasteiger partial charge is 0.345 e. The third-order valence-electron chi connectivity index (χ3n) is 3.69. The van der Waals surface area contributed by atoms with Crippen molar-refractivity contribution in [3.05, 3.63) is 70.7 Å². The summed E-state index contributed by atoms with van der Waals surface area (Å²) in [6, 6.07) is 9.28. The van der Waals surface area contributed by atoms with Crippen LogP contribution in [0.3, 0.4) is 0 Å². The van der Waals surface area contributed by atoms with Gasteiger partial charge in [0.25, 0.3) is 5.91 Å². The Labute approximate surface area is 142 Å². The molecule has 0 saturated heterocycles. The number of hydrogen-bond acceptors (Lipinski definition) is 4. The van der Waals surface area contributed by atoms with Crippen LogP contribution in [0.1, 0.15) is 10.4 Å². The van der Waals surface area contributed by atoms with E-state index in [-0.39, 0.29) is 24.3 Å². The van der Waals surface area contributed by atoms with Crippen molar-refractivity contribution in [1.82, 2.24) is 24.6 Å². The van der Waals surface area contributed by atoms with Gasteiger partial charge in [0, 0.05) is 31.5 Å². The van der Waals surface area contributed by atoms with Crippen LogP contribution in [0.4, 0.5) is 4.39 Å². The normalized spacial score (nSPS) is 10.6. The number of carbonyl (C=O) groups is 1. The van der Waals surface area contributed by atoms with Crippen LogP contribution in [0.5, 0.6) is 0 Å². The van der Waals surface area contributed by atoms with Gasteiger partial charge in [-0.15, -0.1) is 5.10 Å². The molecule has 0 aliphatic heterocycles. The van der Waals surface area contributed by atoms with Gasteiger partial charge in [0.15, 0.2) is 5.82 Å². The van der Waals surface area contributed by atoms with Crippen molar-refractivity contribution >= 4 is 5.91 Å². The second-order valence-corrected chi connectivity index (χ2v) is 5.37. The number of nitrogens with zero attached hydrogens (tertiary/aromatic N) is 4. The van der Waals surface area contributed by atoms with E-state index < -0.39 is 11.7 Å². The Morgan fingerprint density at radius 2 is 2.04 bits per heavy atom. The van der Waals surface area contributed by atoms with Crippen LogP contribution in [0.2, 0.25) is 0 Å². The second kappa shape index (κ2) is 7.08. The molecule has 0 unspecified atom stereocenters. The van der Waals surface area contributed by atoms with Crippen LogP contribution in [0.15, 0.2) is 53.6 Å². The third kappa shape index (κ3) is 3.47. The number of pyridine rings is 1. The Morgan fingerprint density at radius 1 is 1.24 bits per heavy atom. The van der Waals surface area contributed by atoms with Crippen molar-refractivity contribution in [2.45, 2.75) is 6.54 Å². The Hall–Kier alpha value is -3.29. The van der Waals surface area contributed by atoms with Crippen molar-refractivity contribution in [3.63, 3.8) is 0 Å². The van der Waals surface area contributed by atoms with Crippen molar-refractivity contribution in [3.8, 4) is 11.4 Å². The maximum atomic E-state index is 13.6. The first-order valence-electron chi connectivity index (χ1n) is 7.65. The van der Waals surface area contributed by atoms with E-state index in [2.05, 4.69) is 15.4 Å². The molecule has 0 bridgehead atoms. The third-order valence-corrected chi connectivity index (χ3v) is 3.69. The van der Waals surface area contributed by atoms with Crippen LogP contribution < -0.4 is 11.0 Å². The molecule has 0 atom stereocenters. The highest BCUT2D eigenvalue weighted by Gasteiger charge is 2.13. The molecule has 0 aliphatic rings. The molecule has 2 heterocycles. The Balaban J connectivity index is 1.69. The standard InChI is InChI=1S/C17H16FN5O2/c1-22-15(12-5-4-8-19-11-12)21-23(17(22)25)10-9-20-16(24)13-6-2-3-7-14(13)18/h2-8,11H,9-10H2,1H3,(H,20,24). The number of rotatable bonds is 5. The predicted octanol–water partition coefficient (Wildman–Crippen LogP) is 1.21. The molecule has 0 spiro atoms. The maximum absolute atomic E-state index is 13.6. The van der Waals surface area contributed by atoms with Crippen LogP contribution in [-0.4, -0.2) is 31.8 Å². The number of amides is 1. The zero-order valence-electron chi connectivity index (χ0n) is 13.5. The first-order valence-corrected chi connectivity index (χ1v) is 7.65. The molecule has 3 rings (SSSR count). The summed E-state index contributed by atoms with van der Waals surface area (Å²) in [6.45, 7) is 0.323. The topological polar surface area (TPSA) is 81.8 Å². The maximum Gasteiger partial charge on any atom is 0.345 e. The molecule has 8 heteroatoms. The molecule has 2 aromatic heterocycles. The van der Waals surface area contributed by atoms with Gasteiger partial charge in [-0.2, -0.15) is 0 Å². The van der Waals surface area contributed by atoms with Gasteiger partial charge in [-0.25, -0.2) is 13.9 Å². The number of hydrogen-bond donors (Lipinski definition) is 1. The van der Waals surface area contributed by atoms with Gasteiger partial charge in [-0.05, 0) is 24.3 Å². The molecular formula is C17H16FN5O2. The van der Waals surface area contributed by atoms with Gasteiger partial charge in [0.05, 0.1) is 12.1 Å². The molecule has 0 aliphatic carbocycles. The average molecular weight is 341 g/mol. The first kappa shape index (κ1) is 16.6. The zero-order chi connectivity index (χ0) is 17.8. The number of halogens is 1. The molecule has 7 nitrogen and oxygen atoms in total. The van der Waals surface area contributed by atoms with E-state index in [0.29, 0.717) is 5.82 Å². The van der Waals surface area contributed by atoms with Crippen LogP contribution >= 0.6 is 0 Å².